The topological polar surface area (TPSA) is 88.4 Å². The summed E-state index contributed by atoms with van der Waals surface area (Å²) < 4.78 is 34.0. The van der Waals surface area contributed by atoms with Crippen molar-refractivity contribution in [3.63, 3.8) is 0 Å². The third-order valence-electron chi connectivity index (χ3n) is 4.76. The quantitative estimate of drug-likeness (QED) is 0.373. The normalized spacial score (nSPS) is 12.0. The van der Waals surface area contributed by atoms with E-state index in [1.165, 1.54) is 11.5 Å². The van der Waals surface area contributed by atoms with Crippen LogP contribution < -0.4 is 10.0 Å². The number of aromatic nitrogens is 3. The summed E-state index contributed by atoms with van der Waals surface area (Å²) >= 11 is 1.37. The molecule has 7 nitrogen and oxygen atoms in total. The first-order valence-corrected chi connectivity index (χ1v) is 11.9. The molecule has 2 aromatic carbocycles. The van der Waals surface area contributed by atoms with E-state index in [9.17, 15) is 8.42 Å². The van der Waals surface area contributed by atoms with E-state index in [-0.39, 0.29) is 0 Å². The van der Waals surface area contributed by atoms with Crippen LogP contribution in [0.5, 0.6) is 0 Å². The van der Waals surface area contributed by atoms with Crippen LogP contribution in [0.15, 0.2) is 59.8 Å². The summed E-state index contributed by atoms with van der Waals surface area (Å²) in [5.41, 5.74) is 0. The van der Waals surface area contributed by atoms with Gasteiger partial charge >= 0.3 is 0 Å². The van der Waals surface area contributed by atoms with Gasteiger partial charge in [-0.1, -0.05) is 43.2 Å². The molecule has 0 saturated carbocycles. The molecule has 0 aliphatic carbocycles. The van der Waals surface area contributed by atoms with Gasteiger partial charge in [-0.15, -0.1) is 0 Å². The number of unbranched alkanes of at least 4 members (excludes halogenated alkanes) is 3. The molecule has 2 heterocycles. The smallest absolute Gasteiger partial charge is 0.240 e. The first kappa shape index (κ1) is 19.8. The summed E-state index contributed by atoms with van der Waals surface area (Å²) in [5.74, 6) is 0.825. The molecule has 4 aromatic rings. The van der Waals surface area contributed by atoms with Crippen molar-refractivity contribution >= 4 is 43.2 Å². The van der Waals surface area contributed by atoms with Crippen LogP contribution in [0.25, 0.3) is 15.7 Å². The number of sulfonamides is 1. The van der Waals surface area contributed by atoms with Crippen LogP contribution in [0, 0.1) is 0 Å². The number of nitrogens with zero attached hydrogens (tertiary/aromatic N) is 3. The van der Waals surface area contributed by atoms with E-state index in [1.807, 2.05) is 40.9 Å². The summed E-state index contributed by atoms with van der Waals surface area (Å²) in [6.45, 7) is 1.28. The zero-order chi connectivity index (χ0) is 20.1. The number of benzene rings is 2. The van der Waals surface area contributed by atoms with Crippen LogP contribution in [0.4, 0.5) is 5.95 Å². The van der Waals surface area contributed by atoms with E-state index in [0.29, 0.717) is 11.4 Å². The van der Waals surface area contributed by atoms with E-state index in [2.05, 4.69) is 19.4 Å². The molecule has 0 aliphatic rings. The van der Waals surface area contributed by atoms with Crippen molar-refractivity contribution in [2.45, 2.75) is 30.6 Å². The van der Waals surface area contributed by atoms with E-state index >= 15 is 0 Å². The second kappa shape index (κ2) is 8.89. The van der Waals surface area contributed by atoms with E-state index in [4.69, 9.17) is 0 Å². The van der Waals surface area contributed by atoms with Gasteiger partial charge in [0, 0.05) is 37.0 Å². The number of fused-ring (bicyclic) bond motifs is 2. The molecule has 0 atom stereocenters. The van der Waals surface area contributed by atoms with Crippen molar-refractivity contribution in [3.05, 3.63) is 54.9 Å². The molecule has 29 heavy (non-hydrogen) atoms. The van der Waals surface area contributed by atoms with Gasteiger partial charge in [0.25, 0.3) is 0 Å². The van der Waals surface area contributed by atoms with Crippen molar-refractivity contribution in [1.82, 2.24) is 18.5 Å². The number of rotatable bonds is 10. The molecule has 0 aliphatic heterocycles. The largest absolute Gasteiger partial charge is 0.355 e. The highest BCUT2D eigenvalue weighted by atomic mass is 32.2. The molecule has 152 valence electrons. The lowest BCUT2D eigenvalue weighted by molar-refractivity contribution is 0.573. The lowest BCUT2D eigenvalue weighted by Crippen LogP contribution is -2.24. The van der Waals surface area contributed by atoms with Crippen LogP contribution in [-0.2, 0) is 10.0 Å². The number of hydrogen-bond acceptors (Lipinski definition) is 6. The van der Waals surface area contributed by atoms with Crippen LogP contribution in [0.3, 0.4) is 0 Å². The second-order valence-electron chi connectivity index (χ2n) is 6.83. The molecule has 0 amide bonds. The molecule has 0 saturated heterocycles. The Hall–Kier alpha value is -2.49. The van der Waals surface area contributed by atoms with Gasteiger partial charge < -0.3 is 5.32 Å². The Balaban J connectivity index is 1.16. The molecule has 0 radical (unpaired) electrons. The number of hydrogen-bond donors (Lipinski definition) is 2. The predicted molar refractivity (Wildman–Crippen MR) is 117 cm³/mol. The molecular formula is C20H23N5O2S2. The van der Waals surface area contributed by atoms with Gasteiger partial charge in [0.1, 0.15) is 0 Å². The second-order valence-corrected chi connectivity index (χ2v) is 9.33. The zero-order valence-electron chi connectivity index (χ0n) is 15.9. The van der Waals surface area contributed by atoms with E-state index in [0.717, 1.165) is 53.9 Å². The van der Waals surface area contributed by atoms with E-state index < -0.39 is 10.0 Å². The SMILES string of the molecule is O=S(=O)(NCCCCCCNc1nsc2nccn12)c1ccc2ccccc2c1. The molecule has 2 N–H and O–H groups in total. The van der Waals surface area contributed by atoms with Gasteiger partial charge in [-0.2, -0.15) is 4.37 Å². The lowest BCUT2D eigenvalue weighted by atomic mass is 10.1. The van der Waals surface area contributed by atoms with Crippen LogP contribution >= 0.6 is 11.5 Å². The molecular weight excluding hydrogens is 406 g/mol. The highest BCUT2D eigenvalue weighted by Crippen LogP contribution is 2.19. The number of imidazole rings is 1. The maximum absolute atomic E-state index is 12.5. The average molecular weight is 430 g/mol. The maximum atomic E-state index is 12.5. The van der Waals surface area contributed by atoms with Crippen molar-refractivity contribution in [1.29, 1.82) is 0 Å². The third kappa shape index (κ3) is 4.75. The Morgan fingerprint density at radius 2 is 1.76 bits per heavy atom. The van der Waals surface area contributed by atoms with Gasteiger partial charge in [-0.3, -0.25) is 4.40 Å². The highest BCUT2D eigenvalue weighted by molar-refractivity contribution is 7.89. The summed E-state index contributed by atoms with van der Waals surface area (Å²) in [6, 6.07) is 13.0. The number of anilines is 1. The van der Waals surface area contributed by atoms with Crippen molar-refractivity contribution < 1.29 is 8.42 Å². The van der Waals surface area contributed by atoms with E-state index in [1.54, 1.807) is 18.3 Å². The third-order valence-corrected chi connectivity index (χ3v) is 6.95. The minimum absolute atomic E-state index is 0.314. The molecule has 0 fully saturated rings. The Kier molecular flexibility index (Phi) is 6.08. The first-order chi connectivity index (χ1) is 14.1. The fourth-order valence-corrected chi connectivity index (χ4v) is 4.97. The van der Waals surface area contributed by atoms with Gasteiger partial charge in [0.15, 0.2) is 0 Å². The standard InChI is InChI=1S/C20H23N5O2S2/c26-29(27,18-10-9-16-7-3-4-8-17(16)15-18)23-12-6-2-1-5-11-21-19-24-28-20-22-13-14-25(19)20/h3-4,7-10,13-15,23H,1-2,5-6,11-12H2,(H,21,24). The number of nitrogens with one attached hydrogen (secondary N) is 2. The summed E-state index contributed by atoms with van der Waals surface area (Å²) in [5, 5.41) is 5.28. The Labute approximate surface area is 174 Å². The highest BCUT2D eigenvalue weighted by Gasteiger charge is 2.13. The minimum Gasteiger partial charge on any atom is -0.355 e. The molecule has 0 bridgehead atoms. The summed E-state index contributed by atoms with van der Waals surface area (Å²) in [7, 11) is -3.47. The van der Waals surface area contributed by atoms with Crippen molar-refractivity contribution in [3.8, 4) is 0 Å². The monoisotopic (exact) mass is 429 g/mol. The zero-order valence-corrected chi connectivity index (χ0v) is 17.5. The molecule has 9 heteroatoms. The molecule has 0 unspecified atom stereocenters. The van der Waals surface area contributed by atoms with Crippen LogP contribution in [0.2, 0.25) is 0 Å². The molecule has 2 aromatic heterocycles. The minimum atomic E-state index is -3.47. The lowest BCUT2D eigenvalue weighted by Gasteiger charge is -2.08. The van der Waals surface area contributed by atoms with Gasteiger partial charge in [0.05, 0.1) is 4.90 Å². The Morgan fingerprint density at radius 1 is 0.966 bits per heavy atom. The van der Waals surface area contributed by atoms with Gasteiger partial charge in [0.2, 0.25) is 20.9 Å². The van der Waals surface area contributed by atoms with Gasteiger partial charge in [-0.25, -0.2) is 18.1 Å². The van der Waals surface area contributed by atoms with Gasteiger partial charge in [-0.05, 0) is 35.7 Å². The fraction of sp³-hybridized carbons (Fsp3) is 0.300. The summed E-state index contributed by atoms with van der Waals surface area (Å²) in [4.78, 5) is 5.39. The van der Waals surface area contributed by atoms with Crippen LogP contribution in [0.1, 0.15) is 25.7 Å². The summed E-state index contributed by atoms with van der Waals surface area (Å²) in [6.07, 6.45) is 7.47. The molecule has 4 rings (SSSR count). The first-order valence-electron chi connectivity index (χ1n) is 9.64. The molecule has 0 spiro atoms. The Morgan fingerprint density at radius 3 is 2.62 bits per heavy atom. The fourth-order valence-electron chi connectivity index (χ4n) is 3.19. The Bertz CT molecular complexity index is 1200. The maximum Gasteiger partial charge on any atom is 0.240 e. The van der Waals surface area contributed by atoms with Crippen LogP contribution in [-0.4, -0.2) is 35.3 Å². The van der Waals surface area contributed by atoms with Crippen molar-refractivity contribution in [2.75, 3.05) is 18.4 Å². The predicted octanol–water partition coefficient (Wildman–Crippen LogP) is 3.89. The van der Waals surface area contributed by atoms with Crippen molar-refractivity contribution in [2.24, 2.45) is 0 Å². The average Bonchev–Trinajstić information content (AvgIpc) is 3.34.